The minimum Gasteiger partial charge on any atom is -0.454 e. The maximum atomic E-state index is 12.8. The topological polar surface area (TPSA) is 97.3 Å². The summed E-state index contributed by atoms with van der Waals surface area (Å²) in [7, 11) is -3.65. The zero-order chi connectivity index (χ0) is 22.6. The van der Waals surface area contributed by atoms with Crippen molar-refractivity contribution in [3.63, 3.8) is 0 Å². The van der Waals surface area contributed by atoms with Crippen LogP contribution >= 0.6 is 0 Å². The third-order valence-electron chi connectivity index (χ3n) is 4.76. The van der Waals surface area contributed by atoms with Crippen LogP contribution in [0.4, 0.5) is 5.69 Å². The second kappa shape index (κ2) is 9.11. The van der Waals surface area contributed by atoms with Crippen LogP contribution in [0.1, 0.15) is 21.5 Å². The standard InChI is InChI=1S/C23H21N3O5S/c1-32(28,29)26(15-17-7-3-2-4-8-17)20-10-6-5-9-19(20)23(27)25-24-14-18-11-12-21-22(13-18)31-16-30-21/h2-14H,15-16H2,1H3,(H,25,27)/b24-14+. The monoisotopic (exact) mass is 451 g/mol. The van der Waals surface area contributed by atoms with Crippen LogP contribution in [-0.4, -0.2) is 33.6 Å². The van der Waals surface area contributed by atoms with E-state index in [1.165, 1.54) is 10.5 Å². The van der Waals surface area contributed by atoms with Crippen LogP contribution in [0.3, 0.4) is 0 Å². The molecule has 0 aromatic heterocycles. The van der Waals surface area contributed by atoms with Crippen molar-refractivity contribution in [3.8, 4) is 11.5 Å². The number of hydrogen-bond acceptors (Lipinski definition) is 6. The van der Waals surface area contributed by atoms with Crippen LogP contribution in [0.15, 0.2) is 77.9 Å². The molecule has 1 heterocycles. The lowest BCUT2D eigenvalue weighted by atomic mass is 10.1. The van der Waals surface area contributed by atoms with Crippen LogP contribution in [0.2, 0.25) is 0 Å². The normalized spacial score (nSPS) is 12.7. The molecule has 1 amide bonds. The number of para-hydroxylation sites is 1. The number of carbonyl (C=O) groups is 1. The molecule has 3 aromatic rings. The summed E-state index contributed by atoms with van der Waals surface area (Å²) in [6, 6.07) is 21.0. The van der Waals surface area contributed by atoms with E-state index in [1.807, 2.05) is 30.3 Å². The summed E-state index contributed by atoms with van der Waals surface area (Å²) in [4.78, 5) is 12.8. The first kappa shape index (κ1) is 21.4. The van der Waals surface area contributed by atoms with E-state index >= 15 is 0 Å². The molecule has 0 atom stereocenters. The van der Waals surface area contributed by atoms with Crippen molar-refractivity contribution in [1.29, 1.82) is 0 Å². The number of ether oxygens (including phenoxy) is 2. The highest BCUT2D eigenvalue weighted by Crippen LogP contribution is 2.32. The molecule has 8 nitrogen and oxygen atoms in total. The first-order valence-electron chi connectivity index (χ1n) is 9.75. The van der Waals surface area contributed by atoms with Gasteiger partial charge in [0.2, 0.25) is 16.8 Å². The van der Waals surface area contributed by atoms with E-state index in [0.717, 1.165) is 11.8 Å². The van der Waals surface area contributed by atoms with Crippen LogP contribution in [0.25, 0.3) is 0 Å². The predicted octanol–water partition coefficient (Wildman–Crippen LogP) is 3.15. The summed E-state index contributed by atoms with van der Waals surface area (Å²) in [6.45, 7) is 0.272. The van der Waals surface area contributed by atoms with E-state index in [1.54, 1.807) is 42.5 Å². The van der Waals surface area contributed by atoms with Crippen molar-refractivity contribution in [1.82, 2.24) is 5.43 Å². The van der Waals surface area contributed by atoms with Crippen LogP contribution in [0, 0.1) is 0 Å². The largest absolute Gasteiger partial charge is 0.454 e. The first-order valence-corrected chi connectivity index (χ1v) is 11.6. The Hall–Kier alpha value is -3.85. The molecule has 0 spiro atoms. The van der Waals surface area contributed by atoms with E-state index in [9.17, 15) is 13.2 Å². The summed E-state index contributed by atoms with van der Waals surface area (Å²) in [6.07, 6.45) is 2.59. The highest BCUT2D eigenvalue weighted by atomic mass is 32.2. The van der Waals surface area contributed by atoms with E-state index in [0.29, 0.717) is 17.1 Å². The van der Waals surface area contributed by atoms with Gasteiger partial charge in [-0.15, -0.1) is 0 Å². The molecule has 32 heavy (non-hydrogen) atoms. The minimum atomic E-state index is -3.65. The van der Waals surface area contributed by atoms with E-state index in [2.05, 4.69) is 10.5 Å². The molecule has 0 fully saturated rings. The molecule has 0 unspecified atom stereocenters. The molecule has 0 radical (unpaired) electrons. The van der Waals surface area contributed by atoms with Gasteiger partial charge in [0, 0.05) is 0 Å². The third-order valence-corrected chi connectivity index (χ3v) is 5.89. The van der Waals surface area contributed by atoms with Crippen molar-refractivity contribution < 1.29 is 22.7 Å². The van der Waals surface area contributed by atoms with E-state index < -0.39 is 15.9 Å². The van der Waals surface area contributed by atoms with Crippen LogP contribution in [0.5, 0.6) is 11.5 Å². The highest BCUT2D eigenvalue weighted by Gasteiger charge is 2.23. The van der Waals surface area contributed by atoms with Crippen molar-refractivity contribution in [2.45, 2.75) is 6.54 Å². The van der Waals surface area contributed by atoms with Crippen LogP contribution in [-0.2, 0) is 16.6 Å². The quantitative estimate of drug-likeness (QED) is 0.440. The lowest BCUT2D eigenvalue weighted by molar-refractivity contribution is 0.0955. The Morgan fingerprint density at radius 2 is 1.75 bits per heavy atom. The molecule has 164 valence electrons. The summed E-state index contributed by atoms with van der Waals surface area (Å²) in [5, 5.41) is 4.00. The van der Waals surface area contributed by atoms with Crippen LogP contribution < -0.4 is 19.2 Å². The number of amides is 1. The fourth-order valence-electron chi connectivity index (χ4n) is 3.23. The van der Waals surface area contributed by atoms with Gasteiger partial charge in [0.05, 0.1) is 30.3 Å². The summed E-state index contributed by atoms with van der Waals surface area (Å²) >= 11 is 0. The van der Waals surface area contributed by atoms with Gasteiger partial charge in [-0.1, -0.05) is 42.5 Å². The van der Waals surface area contributed by atoms with Crippen molar-refractivity contribution in [2.75, 3.05) is 17.4 Å². The average Bonchev–Trinajstić information content (AvgIpc) is 3.25. The zero-order valence-corrected chi connectivity index (χ0v) is 18.1. The SMILES string of the molecule is CS(=O)(=O)N(Cc1ccccc1)c1ccccc1C(=O)N/N=C/c1ccc2c(c1)OCO2. The molecule has 0 saturated heterocycles. The minimum absolute atomic E-state index is 0.102. The molecule has 1 aliphatic rings. The van der Waals surface area contributed by atoms with Gasteiger partial charge < -0.3 is 9.47 Å². The van der Waals surface area contributed by atoms with Gasteiger partial charge in [-0.05, 0) is 41.5 Å². The Labute approximate surface area is 186 Å². The number of benzene rings is 3. The number of anilines is 1. The van der Waals surface area contributed by atoms with E-state index in [-0.39, 0.29) is 24.6 Å². The second-order valence-electron chi connectivity index (χ2n) is 7.08. The second-order valence-corrected chi connectivity index (χ2v) is 8.99. The number of rotatable bonds is 7. The Morgan fingerprint density at radius 3 is 2.53 bits per heavy atom. The smallest absolute Gasteiger partial charge is 0.273 e. The summed E-state index contributed by atoms with van der Waals surface area (Å²) in [5.74, 6) is 0.731. The van der Waals surface area contributed by atoms with Gasteiger partial charge in [0.1, 0.15) is 0 Å². The predicted molar refractivity (Wildman–Crippen MR) is 122 cm³/mol. The zero-order valence-electron chi connectivity index (χ0n) is 17.3. The first-order chi connectivity index (χ1) is 15.4. The van der Waals surface area contributed by atoms with Crippen molar-refractivity contribution in [3.05, 3.63) is 89.5 Å². The van der Waals surface area contributed by atoms with Gasteiger partial charge in [-0.25, -0.2) is 13.8 Å². The summed E-state index contributed by atoms with van der Waals surface area (Å²) < 4.78 is 36.9. The number of sulfonamides is 1. The lowest BCUT2D eigenvalue weighted by Gasteiger charge is -2.24. The van der Waals surface area contributed by atoms with Gasteiger partial charge in [0.15, 0.2) is 11.5 Å². The molecule has 1 aliphatic heterocycles. The maximum absolute atomic E-state index is 12.8. The Kier molecular flexibility index (Phi) is 6.09. The fraction of sp³-hybridized carbons (Fsp3) is 0.130. The number of hydrazone groups is 1. The number of carbonyl (C=O) groups excluding carboxylic acids is 1. The molecule has 4 rings (SSSR count). The molecular weight excluding hydrogens is 430 g/mol. The summed E-state index contributed by atoms with van der Waals surface area (Å²) in [5.41, 5.74) is 4.44. The van der Waals surface area contributed by atoms with E-state index in [4.69, 9.17) is 9.47 Å². The number of hydrogen-bond donors (Lipinski definition) is 1. The Balaban J connectivity index is 1.55. The molecule has 9 heteroatoms. The lowest BCUT2D eigenvalue weighted by Crippen LogP contribution is -2.32. The third kappa shape index (κ3) is 4.89. The Morgan fingerprint density at radius 1 is 1.03 bits per heavy atom. The molecule has 0 aliphatic carbocycles. The molecule has 3 aromatic carbocycles. The Bertz CT molecular complexity index is 1260. The molecule has 0 bridgehead atoms. The van der Waals surface area contributed by atoms with Gasteiger partial charge in [0.25, 0.3) is 5.91 Å². The van der Waals surface area contributed by atoms with Gasteiger partial charge >= 0.3 is 0 Å². The fourth-order valence-corrected chi connectivity index (χ4v) is 4.13. The van der Waals surface area contributed by atoms with Gasteiger partial charge in [-0.2, -0.15) is 5.10 Å². The average molecular weight is 452 g/mol. The van der Waals surface area contributed by atoms with Crippen molar-refractivity contribution >= 4 is 27.8 Å². The number of nitrogens with one attached hydrogen (secondary N) is 1. The molecule has 1 N–H and O–H groups in total. The number of nitrogens with zero attached hydrogens (tertiary/aromatic N) is 2. The molecular formula is C23H21N3O5S. The highest BCUT2D eigenvalue weighted by molar-refractivity contribution is 7.92. The maximum Gasteiger partial charge on any atom is 0.273 e. The number of fused-ring (bicyclic) bond motifs is 1. The van der Waals surface area contributed by atoms with Crippen molar-refractivity contribution in [2.24, 2.45) is 5.10 Å². The van der Waals surface area contributed by atoms with Gasteiger partial charge in [-0.3, -0.25) is 9.10 Å². The molecule has 0 saturated carbocycles.